The van der Waals surface area contributed by atoms with Crippen LogP contribution in [-0.4, -0.2) is 43.1 Å². The Balaban J connectivity index is 1.97. The molecule has 0 radical (unpaired) electrons. The summed E-state index contributed by atoms with van der Waals surface area (Å²) in [6.45, 7) is 1.01. The van der Waals surface area contributed by atoms with Crippen LogP contribution in [0, 0.1) is 0 Å². The first-order valence-corrected chi connectivity index (χ1v) is 6.21. The second-order valence-corrected chi connectivity index (χ2v) is 5.01. The molecule has 0 unspecified atom stereocenters. The molecule has 4 heteroatoms. The van der Waals surface area contributed by atoms with E-state index in [1.165, 1.54) is 19.3 Å². The minimum Gasteiger partial charge on any atom is -0.383 e. The van der Waals surface area contributed by atoms with Gasteiger partial charge in [-0.1, -0.05) is 0 Å². The molecule has 1 saturated carbocycles. The number of nitrogens with zero attached hydrogens (tertiary/aromatic N) is 2. The van der Waals surface area contributed by atoms with Crippen molar-refractivity contribution in [3.05, 3.63) is 18.3 Å². The van der Waals surface area contributed by atoms with Crippen molar-refractivity contribution in [2.45, 2.75) is 24.8 Å². The Labute approximate surface area is 103 Å². The molecule has 0 saturated heterocycles. The molecule has 2 rings (SSSR count). The number of hydrogen-bond donors (Lipinski definition) is 2. The van der Waals surface area contributed by atoms with Crippen LogP contribution in [0.25, 0.3) is 0 Å². The van der Waals surface area contributed by atoms with Crippen molar-refractivity contribution in [3.8, 4) is 0 Å². The minimum absolute atomic E-state index is 0.350. The van der Waals surface area contributed by atoms with Gasteiger partial charge < -0.3 is 15.5 Å². The maximum absolute atomic E-state index is 4.21. The molecule has 0 bridgehead atoms. The molecule has 0 aromatic carbocycles. The summed E-state index contributed by atoms with van der Waals surface area (Å²) in [5, 5.41) is 6.58. The lowest BCUT2D eigenvalue weighted by molar-refractivity contribution is 0.0739. The predicted molar refractivity (Wildman–Crippen MR) is 72.5 cm³/mol. The third-order valence-corrected chi connectivity index (χ3v) is 3.87. The summed E-state index contributed by atoms with van der Waals surface area (Å²) in [4.78, 5) is 6.56. The Bertz CT molecular complexity index is 371. The molecule has 1 aliphatic rings. The van der Waals surface area contributed by atoms with E-state index >= 15 is 0 Å². The Hall–Kier alpha value is -1.29. The van der Waals surface area contributed by atoms with Gasteiger partial charge in [0, 0.05) is 37.1 Å². The van der Waals surface area contributed by atoms with Crippen molar-refractivity contribution in [1.29, 1.82) is 0 Å². The first-order chi connectivity index (χ1) is 8.16. The van der Waals surface area contributed by atoms with Crippen LogP contribution in [0.5, 0.6) is 0 Å². The number of anilines is 2. The topological polar surface area (TPSA) is 40.2 Å². The predicted octanol–water partition coefficient (Wildman–Crippen LogP) is 2.02. The van der Waals surface area contributed by atoms with E-state index in [0.29, 0.717) is 5.54 Å². The van der Waals surface area contributed by atoms with Gasteiger partial charge >= 0.3 is 0 Å². The molecule has 0 amide bonds. The molecular formula is C13H22N4. The summed E-state index contributed by atoms with van der Waals surface area (Å²) in [6, 6.07) is 4.06. The zero-order valence-corrected chi connectivity index (χ0v) is 11.0. The lowest BCUT2D eigenvalue weighted by Crippen LogP contribution is -2.54. The highest BCUT2D eigenvalue weighted by molar-refractivity contribution is 5.51. The van der Waals surface area contributed by atoms with Crippen LogP contribution >= 0.6 is 0 Å². The highest BCUT2D eigenvalue weighted by Crippen LogP contribution is 2.36. The average Bonchev–Trinajstić information content (AvgIpc) is 2.27. The van der Waals surface area contributed by atoms with Gasteiger partial charge in [-0.05, 0) is 39.4 Å². The Morgan fingerprint density at radius 2 is 2.18 bits per heavy atom. The highest BCUT2D eigenvalue weighted by atomic mass is 15.2. The molecule has 1 aliphatic carbocycles. The fraction of sp³-hybridized carbons (Fsp3) is 0.615. The summed E-state index contributed by atoms with van der Waals surface area (Å²) >= 11 is 0. The van der Waals surface area contributed by atoms with Crippen LogP contribution < -0.4 is 10.6 Å². The van der Waals surface area contributed by atoms with E-state index in [1.54, 1.807) is 0 Å². The van der Waals surface area contributed by atoms with Crippen LogP contribution in [0.2, 0.25) is 0 Å². The SMILES string of the molecule is CNc1cc(NCC2(N(C)C)CCC2)ccn1. The van der Waals surface area contributed by atoms with Crippen LogP contribution in [0.1, 0.15) is 19.3 Å². The van der Waals surface area contributed by atoms with Crippen LogP contribution in [0.4, 0.5) is 11.5 Å². The quantitative estimate of drug-likeness (QED) is 0.817. The third kappa shape index (κ3) is 2.52. The highest BCUT2D eigenvalue weighted by Gasteiger charge is 2.38. The van der Waals surface area contributed by atoms with E-state index < -0.39 is 0 Å². The van der Waals surface area contributed by atoms with E-state index in [1.807, 2.05) is 25.4 Å². The van der Waals surface area contributed by atoms with Crippen molar-refractivity contribution < 1.29 is 0 Å². The maximum atomic E-state index is 4.21. The fourth-order valence-corrected chi connectivity index (χ4v) is 2.31. The molecule has 2 N–H and O–H groups in total. The summed E-state index contributed by atoms with van der Waals surface area (Å²) in [7, 11) is 6.23. The molecule has 0 aliphatic heterocycles. The first kappa shape index (κ1) is 12.2. The van der Waals surface area contributed by atoms with Gasteiger partial charge in [-0.15, -0.1) is 0 Å². The van der Waals surface area contributed by atoms with Gasteiger partial charge in [-0.3, -0.25) is 0 Å². The van der Waals surface area contributed by atoms with Gasteiger partial charge in [0.1, 0.15) is 5.82 Å². The lowest BCUT2D eigenvalue weighted by Gasteiger charge is -2.47. The second-order valence-electron chi connectivity index (χ2n) is 5.01. The van der Waals surface area contributed by atoms with E-state index in [2.05, 4.69) is 34.6 Å². The molecule has 1 fully saturated rings. The van der Waals surface area contributed by atoms with Gasteiger partial charge in [-0.2, -0.15) is 0 Å². The van der Waals surface area contributed by atoms with Crippen molar-refractivity contribution in [2.75, 3.05) is 38.3 Å². The first-order valence-electron chi connectivity index (χ1n) is 6.21. The Kier molecular flexibility index (Phi) is 3.52. The Morgan fingerprint density at radius 3 is 2.71 bits per heavy atom. The monoisotopic (exact) mass is 234 g/mol. The van der Waals surface area contributed by atoms with Crippen LogP contribution in [-0.2, 0) is 0 Å². The summed E-state index contributed by atoms with van der Waals surface area (Å²) in [5.74, 6) is 0.905. The van der Waals surface area contributed by atoms with E-state index in [-0.39, 0.29) is 0 Å². The summed E-state index contributed by atoms with van der Waals surface area (Å²) in [5.41, 5.74) is 1.49. The zero-order chi connectivity index (χ0) is 12.3. The van der Waals surface area contributed by atoms with Crippen molar-refractivity contribution >= 4 is 11.5 Å². The number of rotatable bonds is 5. The zero-order valence-electron chi connectivity index (χ0n) is 11.0. The second kappa shape index (κ2) is 4.92. The molecule has 0 spiro atoms. The molecule has 1 aromatic heterocycles. The molecule has 0 atom stereocenters. The lowest BCUT2D eigenvalue weighted by atomic mass is 9.75. The average molecular weight is 234 g/mol. The van der Waals surface area contributed by atoms with E-state index in [0.717, 1.165) is 18.1 Å². The number of likely N-dealkylation sites (N-methyl/N-ethyl adjacent to an activating group) is 1. The minimum atomic E-state index is 0.350. The molecular weight excluding hydrogens is 212 g/mol. The molecule has 1 aromatic rings. The number of hydrogen-bond acceptors (Lipinski definition) is 4. The maximum Gasteiger partial charge on any atom is 0.127 e. The normalized spacial score (nSPS) is 17.6. The molecule has 94 valence electrons. The standard InChI is InChI=1S/C13H22N4/c1-14-12-9-11(5-8-15-12)16-10-13(17(2)3)6-4-7-13/h5,8-9H,4,6-7,10H2,1-3H3,(H2,14,15,16). The molecule has 17 heavy (non-hydrogen) atoms. The third-order valence-electron chi connectivity index (χ3n) is 3.87. The summed E-state index contributed by atoms with van der Waals surface area (Å²) in [6.07, 6.45) is 5.75. The van der Waals surface area contributed by atoms with Crippen LogP contribution in [0.15, 0.2) is 18.3 Å². The van der Waals surface area contributed by atoms with Crippen LogP contribution in [0.3, 0.4) is 0 Å². The molecule has 1 heterocycles. The number of nitrogens with one attached hydrogen (secondary N) is 2. The van der Waals surface area contributed by atoms with Crippen molar-refractivity contribution in [3.63, 3.8) is 0 Å². The summed E-state index contributed by atoms with van der Waals surface area (Å²) < 4.78 is 0. The smallest absolute Gasteiger partial charge is 0.127 e. The number of aromatic nitrogens is 1. The van der Waals surface area contributed by atoms with E-state index in [9.17, 15) is 0 Å². The van der Waals surface area contributed by atoms with Gasteiger partial charge in [0.05, 0.1) is 0 Å². The van der Waals surface area contributed by atoms with Gasteiger partial charge in [0.15, 0.2) is 0 Å². The van der Waals surface area contributed by atoms with Crippen molar-refractivity contribution in [1.82, 2.24) is 9.88 Å². The van der Waals surface area contributed by atoms with Gasteiger partial charge in [0.2, 0.25) is 0 Å². The van der Waals surface area contributed by atoms with Gasteiger partial charge in [0.25, 0.3) is 0 Å². The number of pyridine rings is 1. The Morgan fingerprint density at radius 1 is 1.41 bits per heavy atom. The van der Waals surface area contributed by atoms with Gasteiger partial charge in [-0.25, -0.2) is 4.98 Å². The van der Waals surface area contributed by atoms with Crippen molar-refractivity contribution in [2.24, 2.45) is 0 Å². The largest absolute Gasteiger partial charge is 0.383 e. The fourth-order valence-electron chi connectivity index (χ4n) is 2.31. The molecule has 4 nitrogen and oxygen atoms in total. The van der Waals surface area contributed by atoms with E-state index in [4.69, 9.17) is 0 Å².